The van der Waals surface area contributed by atoms with Gasteiger partial charge in [0.2, 0.25) is 0 Å². The largest absolute Gasteiger partial charge is 0.492 e. The number of nitrogens with zero attached hydrogens (tertiary/aromatic N) is 1. The van der Waals surface area contributed by atoms with Crippen LogP contribution in [0, 0.1) is 0 Å². The standard InChI is InChI=1S/C15H22N2O2/c1-3-19-14-8-7-12(10-13(14)16)15(18)17-9-5-4-6-11(17)2/h7-8,10-11H,3-6,9,16H2,1-2H3/t11-/m0/s1. The fraction of sp³-hybridized carbons (Fsp3) is 0.533. The van der Waals surface area contributed by atoms with Crippen LogP contribution in [0.3, 0.4) is 0 Å². The highest BCUT2D eigenvalue weighted by Crippen LogP contribution is 2.25. The van der Waals surface area contributed by atoms with Gasteiger partial charge in [0.25, 0.3) is 5.91 Å². The van der Waals surface area contributed by atoms with Crippen molar-refractivity contribution in [2.45, 2.75) is 39.2 Å². The van der Waals surface area contributed by atoms with Crippen molar-refractivity contribution in [3.05, 3.63) is 23.8 Å². The van der Waals surface area contributed by atoms with E-state index in [0.717, 1.165) is 19.4 Å². The van der Waals surface area contributed by atoms with Crippen molar-refractivity contribution in [1.82, 2.24) is 4.90 Å². The van der Waals surface area contributed by atoms with Gasteiger partial charge in [-0.15, -0.1) is 0 Å². The highest BCUT2D eigenvalue weighted by molar-refractivity contribution is 5.95. The lowest BCUT2D eigenvalue weighted by atomic mass is 10.0. The van der Waals surface area contributed by atoms with E-state index < -0.39 is 0 Å². The predicted molar refractivity (Wildman–Crippen MR) is 76.4 cm³/mol. The molecule has 0 radical (unpaired) electrons. The Morgan fingerprint density at radius 1 is 1.47 bits per heavy atom. The number of nitrogens with two attached hydrogens (primary N) is 1. The first-order chi connectivity index (χ1) is 9.13. The third kappa shape index (κ3) is 3.00. The number of anilines is 1. The summed E-state index contributed by atoms with van der Waals surface area (Å²) in [6, 6.07) is 5.61. The second-order valence-corrected chi connectivity index (χ2v) is 5.03. The van der Waals surface area contributed by atoms with E-state index in [-0.39, 0.29) is 5.91 Å². The van der Waals surface area contributed by atoms with Gasteiger partial charge in [-0.3, -0.25) is 4.79 Å². The number of likely N-dealkylation sites (tertiary alicyclic amines) is 1. The van der Waals surface area contributed by atoms with E-state index in [4.69, 9.17) is 10.5 Å². The van der Waals surface area contributed by atoms with E-state index in [2.05, 4.69) is 6.92 Å². The van der Waals surface area contributed by atoms with Crippen LogP contribution < -0.4 is 10.5 Å². The molecule has 1 aromatic carbocycles. The second kappa shape index (κ2) is 5.95. The Bertz CT molecular complexity index is 459. The highest BCUT2D eigenvalue weighted by atomic mass is 16.5. The maximum absolute atomic E-state index is 12.5. The number of nitrogen functional groups attached to an aromatic ring is 1. The lowest BCUT2D eigenvalue weighted by Crippen LogP contribution is -2.42. The van der Waals surface area contributed by atoms with E-state index in [1.807, 2.05) is 11.8 Å². The Balaban J connectivity index is 2.17. The maximum Gasteiger partial charge on any atom is 0.254 e. The maximum atomic E-state index is 12.5. The normalized spacial score (nSPS) is 19.3. The molecule has 19 heavy (non-hydrogen) atoms. The number of hydrogen-bond acceptors (Lipinski definition) is 3. The van der Waals surface area contributed by atoms with Gasteiger partial charge in [-0.25, -0.2) is 0 Å². The van der Waals surface area contributed by atoms with E-state index in [0.29, 0.717) is 29.6 Å². The molecule has 1 heterocycles. The number of hydrogen-bond donors (Lipinski definition) is 1. The number of rotatable bonds is 3. The van der Waals surface area contributed by atoms with Crippen molar-refractivity contribution in [1.29, 1.82) is 0 Å². The van der Waals surface area contributed by atoms with Gasteiger partial charge in [0, 0.05) is 18.2 Å². The monoisotopic (exact) mass is 262 g/mol. The molecular weight excluding hydrogens is 240 g/mol. The highest BCUT2D eigenvalue weighted by Gasteiger charge is 2.24. The van der Waals surface area contributed by atoms with Crippen molar-refractivity contribution >= 4 is 11.6 Å². The van der Waals surface area contributed by atoms with Crippen molar-refractivity contribution in [2.24, 2.45) is 0 Å². The quantitative estimate of drug-likeness (QED) is 0.852. The average Bonchev–Trinajstić information content (AvgIpc) is 2.41. The van der Waals surface area contributed by atoms with E-state index in [1.165, 1.54) is 6.42 Å². The minimum absolute atomic E-state index is 0.0712. The van der Waals surface area contributed by atoms with Crippen LogP contribution in [0.2, 0.25) is 0 Å². The van der Waals surface area contributed by atoms with Crippen molar-refractivity contribution in [3.8, 4) is 5.75 Å². The van der Waals surface area contributed by atoms with Gasteiger partial charge in [-0.1, -0.05) is 0 Å². The summed E-state index contributed by atoms with van der Waals surface area (Å²) in [5, 5.41) is 0. The Hall–Kier alpha value is -1.71. The third-order valence-electron chi connectivity index (χ3n) is 3.62. The zero-order valence-corrected chi connectivity index (χ0v) is 11.7. The summed E-state index contributed by atoms with van der Waals surface area (Å²) in [5.74, 6) is 0.715. The van der Waals surface area contributed by atoms with Gasteiger partial charge in [-0.2, -0.15) is 0 Å². The summed E-state index contributed by atoms with van der Waals surface area (Å²) in [6.07, 6.45) is 3.37. The molecule has 0 bridgehead atoms. The first-order valence-electron chi connectivity index (χ1n) is 6.96. The number of carbonyl (C=O) groups is 1. The van der Waals surface area contributed by atoms with Crippen LogP contribution in [-0.4, -0.2) is 30.0 Å². The molecule has 0 saturated carbocycles. The number of amides is 1. The third-order valence-corrected chi connectivity index (χ3v) is 3.62. The SMILES string of the molecule is CCOc1ccc(C(=O)N2CCCC[C@@H]2C)cc1N. The number of piperidine rings is 1. The molecule has 4 heteroatoms. The number of ether oxygens (including phenoxy) is 1. The van der Waals surface area contributed by atoms with E-state index >= 15 is 0 Å². The first kappa shape index (κ1) is 13.7. The van der Waals surface area contributed by atoms with Gasteiger partial charge in [0.1, 0.15) is 5.75 Å². The Labute approximate surface area is 114 Å². The molecular formula is C15H22N2O2. The smallest absolute Gasteiger partial charge is 0.254 e. The molecule has 1 aliphatic rings. The molecule has 1 amide bonds. The zero-order chi connectivity index (χ0) is 13.8. The van der Waals surface area contributed by atoms with E-state index in [9.17, 15) is 4.79 Å². The molecule has 1 saturated heterocycles. The summed E-state index contributed by atoms with van der Waals surface area (Å²) < 4.78 is 5.39. The van der Waals surface area contributed by atoms with Crippen molar-refractivity contribution in [3.63, 3.8) is 0 Å². The fourth-order valence-corrected chi connectivity index (χ4v) is 2.53. The van der Waals surface area contributed by atoms with Crippen molar-refractivity contribution < 1.29 is 9.53 Å². The van der Waals surface area contributed by atoms with Crippen LogP contribution in [0.5, 0.6) is 5.75 Å². The van der Waals surface area contributed by atoms with Gasteiger partial charge in [0.15, 0.2) is 0 Å². The predicted octanol–water partition coefficient (Wildman–Crippen LogP) is 2.68. The van der Waals surface area contributed by atoms with E-state index in [1.54, 1.807) is 18.2 Å². The van der Waals surface area contributed by atoms with Crippen LogP contribution in [-0.2, 0) is 0 Å². The van der Waals surface area contributed by atoms with Gasteiger partial charge in [0.05, 0.1) is 12.3 Å². The molecule has 0 spiro atoms. The molecule has 0 aromatic heterocycles. The molecule has 4 nitrogen and oxygen atoms in total. The molecule has 0 aliphatic carbocycles. The van der Waals surface area contributed by atoms with Crippen LogP contribution in [0.15, 0.2) is 18.2 Å². The van der Waals surface area contributed by atoms with Crippen LogP contribution in [0.4, 0.5) is 5.69 Å². The average molecular weight is 262 g/mol. The van der Waals surface area contributed by atoms with Gasteiger partial charge in [-0.05, 0) is 51.3 Å². The Morgan fingerprint density at radius 2 is 2.26 bits per heavy atom. The van der Waals surface area contributed by atoms with Crippen LogP contribution >= 0.6 is 0 Å². The number of carbonyl (C=O) groups excluding carboxylic acids is 1. The summed E-state index contributed by atoms with van der Waals surface area (Å²) in [7, 11) is 0. The molecule has 104 valence electrons. The Kier molecular flexibility index (Phi) is 4.30. The lowest BCUT2D eigenvalue weighted by molar-refractivity contribution is 0.0635. The molecule has 1 aliphatic heterocycles. The summed E-state index contributed by atoms with van der Waals surface area (Å²) in [6.45, 7) is 5.43. The molecule has 1 aromatic rings. The molecule has 2 N–H and O–H groups in total. The summed E-state index contributed by atoms with van der Waals surface area (Å²) >= 11 is 0. The van der Waals surface area contributed by atoms with Crippen LogP contribution in [0.25, 0.3) is 0 Å². The minimum atomic E-state index is 0.0712. The second-order valence-electron chi connectivity index (χ2n) is 5.03. The fourth-order valence-electron chi connectivity index (χ4n) is 2.53. The topological polar surface area (TPSA) is 55.6 Å². The number of benzene rings is 1. The molecule has 1 fully saturated rings. The van der Waals surface area contributed by atoms with Gasteiger partial charge < -0.3 is 15.4 Å². The summed E-state index contributed by atoms with van der Waals surface area (Å²) in [4.78, 5) is 14.4. The minimum Gasteiger partial charge on any atom is -0.492 e. The van der Waals surface area contributed by atoms with Crippen molar-refractivity contribution in [2.75, 3.05) is 18.9 Å². The molecule has 0 unspecified atom stereocenters. The van der Waals surface area contributed by atoms with Crippen LogP contribution in [0.1, 0.15) is 43.5 Å². The lowest BCUT2D eigenvalue weighted by Gasteiger charge is -2.33. The Morgan fingerprint density at radius 3 is 2.89 bits per heavy atom. The molecule has 1 atom stereocenters. The first-order valence-corrected chi connectivity index (χ1v) is 6.96. The molecule has 2 rings (SSSR count). The zero-order valence-electron chi connectivity index (χ0n) is 11.7. The summed E-state index contributed by atoms with van der Waals surface area (Å²) in [5.41, 5.74) is 7.09. The van der Waals surface area contributed by atoms with Gasteiger partial charge >= 0.3 is 0 Å².